The molecule has 1 aliphatic heterocycles. The second-order valence-electron chi connectivity index (χ2n) is 6.82. The van der Waals surface area contributed by atoms with E-state index in [2.05, 4.69) is 16.0 Å². The second-order valence-corrected chi connectivity index (χ2v) is 8.80. The Labute approximate surface area is 184 Å². The molecule has 1 saturated heterocycles. The number of likely N-dealkylation sites (tertiary alicyclic amines) is 1. The normalized spacial score (nSPS) is 14.3. The highest BCUT2D eigenvalue weighted by Gasteiger charge is 2.28. The Kier molecular flexibility index (Phi) is 8.22. The maximum atomic E-state index is 13.1. The average Bonchev–Trinajstić information content (AvgIpc) is 3.27. The Hall–Kier alpha value is -2.44. The Bertz CT molecular complexity index is 917. The smallest absolute Gasteiger partial charge is 0.357 e. The molecule has 3 heterocycles. The Morgan fingerprint density at radius 2 is 2.20 bits per heavy atom. The van der Waals surface area contributed by atoms with E-state index in [1.54, 1.807) is 24.6 Å². The zero-order valence-electron chi connectivity index (χ0n) is 16.9. The third-order valence-electron chi connectivity index (χ3n) is 4.81. The summed E-state index contributed by atoms with van der Waals surface area (Å²) < 4.78 is 5.01. The molecule has 0 radical (unpaired) electrons. The Morgan fingerprint density at radius 3 is 2.93 bits per heavy atom. The van der Waals surface area contributed by atoms with E-state index in [-0.39, 0.29) is 17.8 Å². The van der Waals surface area contributed by atoms with Gasteiger partial charge < -0.3 is 9.64 Å². The molecule has 0 N–H and O–H groups in total. The standard InChI is InChI=1S/C21H24N4O3S2/c1-2-28-21(27)17-14-30-18(24-17)15-7-11-25(12-8-15)20(26)16-6-5-10-23-19(16)29-13-4-3-9-22/h5-6,10,14-15H,2-4,7-8,11-13H2,1H3. The van der Waals surface area contributed by atoms with E-state index in [9.17, 15) is 9.59 Å². The molecular formula is C21H24N4O3S2. The number of esters is 1. The van der Waals surface area contributed by atoms with Crippen molar-refractivity contribution in [3.63, 3.8) is 0 Å². The van der Waals surface area contributed by atoms with Crippen molar-refractivity contribution in [2.75, 3.05) is 25.4 Å². The number of thiazole rings is 1. The molecule has 30 heavy (non-hydrogen) atoms. The van der Waals surface area contributed by atoms with Crippen LogP contribution in [0.3, 0.4) is 0 Å². The van der Waals surface area contributed by atoms with Crippen molar-refractivity contribution in [2.45, 2.75) is 43.6 Å². The number of pyridine rings is 1. The number of ether oxygens (including phenoxy) is 1. The van der Waals surface area contributed by atoms with Crippen LogP contribution in [0.15, 0.2) is 28.7 Å². The van der Waals surface area contributed by atoms with Crippen LogP contribution in [-0.2, 0) is 4.74 Å². The van der Waals surface area contributed by atoms with Crippen molar-refractivity contribution in [2.24, 2.45) is 0 Å². The summed E-state index contributed by atoms with van der Waals surface area (Å²) in [5, 5.41) is 12.1. The SMILES string of the molecule is CCOC(=O)c1csc(C2CCN(C(=O)c3cccnc3SCCCC#N)CC2)n1. The van der Waals surface area contributed by atoms with Crippen LogP contribution in [0.4, 0.5) is 0 Å². The summed E-state index contributed by atoms with van der Waals surface area (Å²) in [5.41, 5.74) is 0.987. The lowest BCUT2D eigenvalue weighted by atomic mass is 9.97. The number of carbonyl (C=O) groups is 2. The van der Waals surface area contributed by atoms with Crippen LogP contribution in [0.25, 0.3) is 0 Å². The summed E-state index contributed by atoms with van der Waals surface area (Å²) in [4.78, 5) is 35.6. The largest absolute Gasteiger partial charge is 0.461 e. The lowest BCUT2D eigenvalue weighted by molar-refractivity contribution is 0.0520. The highest BCUT2D eigenvalue weighted by Crippen LogP contribution is 2.32. The van der Waals surface area contributed by atoms with E-state index in [0.29, 0.717) is 37.4 Å². The Morgan fingerprint density at radius 1 is 1.40 bits per heavy atom. The van der Waals surface area contributed by atoms with Gasteiger partial charge in [-0.15, -0.1) is 23.1 Å². The number of piperidine rings is 1. The van der Waals surface area contributed by atoms with Gasteiger partial charge in [0.15, 0.2) is 5.69 Å². The van der Waals surface area contributed by atoms with E-state index in [1.165, 1.54) is 23.1 Å². The van der Waals surface area contributed by atoms with Crippen LogP contribution in [0.5, 0.6) is 0 Å². The van der Waals surface area contributed by atoms with Gasteiger partial charge in [0.2, 0.25) is 0 Å². The van der Waals surface area contributed by atoms with Gasteiger partial charge in [0, 0.05) is 42.8 Å². The molecule has 2 aromatic rings. The zero-order chi connectivity index (χ0) is 21.3. The van der Waals surface area contributed by atoms with Gasteiger partial charge in [-0.2, -0.15) is 5.26 Å². The first-order valence-corrected chi connectivity index (χ1v) is 11.9. The first-order chi connectivity index (χ1) is 14.6. The number of aromatic nitrogens is 2. The number of hydrogen-bond donors (Lipinski definition) is 0. The van der Waals surface area contributed by atoms with Crippen molar-refractivity contribution in [3.05, 3.63) is 40.0 Å². The number of unbranched alkanes of at least 4 members (excludes halogenated alkanes) is 1. The minimum absolute atomic E-state index is 0.00400. The summed E-state index contributed by atoms with van der Waals surface area (Å²) in [6.45, 7) is 3.39. The van der Waals surface area contributed by atoms with Crippen molar-refractivity contribution in [3.8, 4) is 6.07 Å². The minimum atomic E-state index is -0.385. The van der Waals surface area contributed by atoms with Gasteiger partial charge in [-0.1, -0.05) is 0 Å². The molecule has 1 amide bonds. The van der Waals surface area contributed by atoms with E-state index in [0.717, 1.165) is 35.0 Å². The predicted molar refractivity (Wildman–Crippen MR) is 116 cm³/mol. The number of amides is 1. The maximum Gasteiger partial charge on any atom is 0.357 e. The quantitative estimate of drug-likeness (QED) is 0.343. The molecule has 0 unspecified atom stereocenters. The highest BCUT2D eigenvalue weighted by molar-refractivity contribution is 7.99. The van der Waals surface area contributed by atoms with Crippen LogP contribution in [0, 0.1) is 11.3 Å². The van der Waals surface area contributed by atoms with E-state index < -0.39 is 0 Å². The molecule has 0 spiro atoms. The van der Waals surface area contributed by atoms with Crippen molar-refractivity contribution < 1.29 is 14.3 Å². The number of hydrogen-bond acceptors (Lipinski definition) is 8. The molecular weight excluding hydrogens is 420 g/mol. The number of nitriles is 1. The molecule has 0 aromatic carbocycles. The molecule has 3 rings (SSSR count). The zero-order valence-corrected chi connectivity index (χ0v) is 18.5. The molecule has 9 heteroatoms. The topological polar surface area (TPSA) is 96.2 Å². The van der Waals surface area contributed by atoms with Gasteiger partial charge in [-0.05, 0) is 38.3 Å². The van der Waals surface area contributed by atoms with Crippen molar-refractivity contribution >= 4 is 35.0 Å². The molecule has 0 atom stereocenters. The molecule has 0 aliphatic carbocycles. The summed E-state index contributed by atoms with van der Waals surface area (Å²) in [6.07, 6.45) is 4.60. The molecule has 2 aromatic heterocycles. The third kappa shape index (κ3) is 5.58. The number of rotatable bonds is 8. The molecule has 0 bridgehead atoms. The van der Waals surface area contributed by atoms with Crippen molar-refractivity contribution in [1.29, 1.82) is 5.26 Å². The molecule has 1 aliphatic rings. The van der Waals surface area contributed by atoms with Crippen molar-refractivity contribution in [1.82, 2.24) is 14.9 Å². The van der Waals surface area contributed by atoms with Gasteiger partial charge in [-0.3, -0.25) is 4.79 Å². The first-order valence-electron chi connectivity index (χ1n) is 10.0. The fraction of sp³-hybridized carbons (Fsp3) is 0.476. The monoisotopic (exact) mass is 444 g/mol. The molecule has 1 fully saturated rings. The molecule has 158 valence electrons. The summed E-state index contributed by atoms with van der Waals surface area (Å²) in [7, 11) is 0. The molecule has 0 saturated carbocycles. The van der Waals surface area contributed by atoms with Crippen LogP contribution in [0.1, 0.15) is 64.4 Å². The summed E-state index contributed by atoms with van der Waals surface area (Å²) in [6, 6.07) is 5.74. The third-order valence-corrected chi connectivity index (χ3v) is 6.91. The summed E-state index contributed by atoms with van der Waals surface area (Å²) >= 11 is 3.00. The fourth-order valence-electron chi connectivity index (χ4n) is 3.26. The van der Waals surface area contributed by atoms with Crippen LogP contribution < -0.4 is 0 Å². The van der Waals surface area contributed by atoms with Gasteiger partial charge in [-0.25, -0.2) is 14.8 Å². The fourth-order valence-corrected chi connectivity index (χ4v) is 5.15. The van der Waals surface area contributed by atoms with Gasteiger partial charge in [0.1, 0.15) is 5.03 Å². The van der Waals surface area contributed by atoms with Gasteiger partial charge in [0.05, 0.1) is 23.2 Å². The van der Waals surface area contributed by atoms with E-state index in [4.69, 9.17) is 10.00 Å². The number of nitrogens with zero attached hydrogens (tertiary/aromatic N) is 4. The molecule has 7 nitrogen and oxygen atoms in total. The minimum Gasteiger partial charge on any atom is -0.461 e. The lowest BCUT2D eigenvalue weighted by Gasteiger charge is -2.31. The lowest BCUT2D eigenvalue weighted by Crippen LogP contribution is -2.38. The second kappa shape index (κ2) is 11.1. The van der Waals surface area contributed by atoms with Crippen LogP contribution >= 0.6 is 23.1 Å². The highest BCUT2D eigenvalue weighted by atomic mass is 32.2. The van der Waals surface area contributed by atoms with E-state index in [1.807, 2.05) is 11.0 Å². The maximum absolute atomic E-state index is 13.1. The first kappa shape index (κ1) is 22.2. The van der Waals surface area contributed by atoms with Crippen LogP contribution in [-0.4, -0.2) is 52.2 Å². The number of thioether (sulfide) groups is 1. The number of carbonyl (C=O) groups excluding carboxylic acids is 2. The van der Waals surface area contributed by atoms with Crippen LogP contribution in [0.2, 0.25) is 0 Å². The predicted octanol–water partition coefficient (Wildman–Crippen LogP) is 4.13. The van der Waals surface area contributed by atoms with Gasteiger partial charge >= 0.3 is 5.97 Å². The Balaban J connectivity index is 1.58. The van der Waals surface area contributed by atoms with Gasteiger partial charge in [0.25, 0.3) is 5.91 Å². The average molecular weight is 445 g/mol. The summed E-state index contributed by atoms with van der Waals surface area (Å²) in [5.74, 6) is 0.621. The van der Waals surface area contributed by atoms with E-state index >= 15 is 0 Å².